The Morgan fingerprint density at radius 3 is 1.83 bits per heavy atom. The van der Waals surface area contributed by atoms with Crippen LogP contribution in [0.25, 0.3) is 55.6 Å². The number of para-hydroxylation sites is 6. The van der Waals surface area contributed by atoms with Crippen molar-refractivity contribution in [3.63, 3.8) is 0 Å². The third kappa shape index (κ3) is 6.72. The molecule has 0 saturated carbocycles. The van der Waals surface area contributed by atoms with Gasteiger partial charge in [-0.05, 0) is 117 Å². The maximum atomic E-state index is 6.95. The number of hydrogen-bond donors (Lipinski definition) is 0. The van der Waals surface area contributed by atoms with Gasteiger partial charge in [0.15, 0.2) is 0 Å². The van der Waals surface area contributed by atoms with E-state index in [1.54, 1.807) is 0 Å². The van der Waals surface area contributed by atoms with Gasteiger partial charge in [-0.3, -0.25) is 4.98 Å². The molecule has 7 heteroatoms. The van der Waals surface area contributed by atoms with Crippen LogP contribution in [0.3, 0.4) is 0 Å². The van der Waals surface area contributed by atoms with E-state index in [-0.39, 0.29) is 21.1 Å². The molecule has 2 aromatic heterocycles. The molecule has 0 atom stereocenters. The molecule has 312 valence electrons. The third-order valence-electron chi connectivity index (χ3n) is 12.1. The van der Waals surface area contributed by atoms with Gasteiger partial charge in [0.2, 0.25) is 0 Å². The molecule has 0 radical (unpaired) electrons. The fraction of sp³-hybridized carbons (Fsp3) is 0.107. The Morgan fingerprint density at radius 2 is 1.11 bits per heavy atom. The van der Waals surface area contributed by atoms with Gasteiger partial charge in [0, 0.05) is 66.5 Å². The molecular weight excluding hydrogens is 954 g/mol. The second-order valence-electron chi connectivity index (χ2n) is 16.6. The largest absolute Gasteiger partial charge is 0.503 e. The Hall–Kier alpha value is -6.88. The zero-order valence-corrected chi connectivity index (χ0v) is 38.2. The van der Waals surface area contributed by atoms with Crippen molar-refractivity contribution in [2.45, 2.75) is 41.5 Å². The Kier molecular flexibility index (Phi) is 10.1. The predicted octanol–water partition coefficient (Wildman–Crippen LogP) is 14.4. The number of anilines is 4. The number of ether oxygens (including phenoxy) is 1. The first-order valence-electron chi connectivity index (χ1n) is 21.1. The van der Waals surface area contributed by atoms with E-state index in [0.29, 0.717) is 11.5 Å². The standard InChI is InChI=1S/C56H44N5O.Pt/c1-35-27-37(3)54(38(4)28-35)59-34-58(49-25-14-15-26-50(49)59)51-32-44(33-52-53(51)45-21-10-12-23-47(45)60(52)42-18-8-7-9-19-42)62-43-20-16-17-41(31-43)56-57-46-22-11-13-24-48(46)61(56)55-39(5)29-36(2)30-40(55)6;/h7-30,33-34H,1-6H3;/q-3;. The number of imidazole rings is 1. The Morgan fingerprint density at radius 1 is 0.508 bits per heavy atom. The fourth-order valence-corrected chi connectivity index (χ4v) is 9.81. The summed E-state index contributed by atoms with van der Waals surface area (Å²) in [5.74, 6) is 1.95. The van der Waals surface area contributed by atoms with E-state index >= 15 is 0 Å². The average Bonchev–Trinajstić information content (AvgIpc) is 3.94. The van der Waals surface area contributed by atoms with Crippen LogP contribution < -0.4 is 14.5 Å². The number of aryl methyl sites for hydroxylation is 6. The van der Waals surface area contributed by atoms with E-state index < -0.39 is 0 Å². The van der Waals surface area contributed by atoms with E-state index in [0.717, 1.165) is 72.7 Å². The molecule has 63 heavy (non-hydrogen) atoms. The zero-order chi connectivity index (χ0) is 42.2. The molecule has 3 heterocycles. The van der Waals surface area contributed by atoms with Crippen molar-refractivity contribution in [1.82, 2.24) is 14.1 Å². The van der Waals surface area contributed by atoms with Crippen LogP contribution >= 0.6 is 0 Å². The minimum absolute atomic E-state index is 0. The number of aromatic nitrogens is 3. The van der Waals surface area contributed by atoms with E-state index in [1.807, 2.05) is 18.2 Å². The van der Waals surface area contributed by atoms with Crippen molar-refractivity contribution < 1.29 is 25.8 Å². The van der Waals surface area contributed by atoms with Crippen LogP contribution in [0.1, 0.15) is 33.4 Å². The Labute approximate surface area is 382 Å². The van der Waals surface area contributed by atoms with Gasteiger partial charge < -0.3 is 23.7 Å². The topological polar surface area (TPSA) is 38.5 Å². The van der Waals surface area contributed by atoms with Crippen molar-refractivity contribution in [2.75, 3.05) is 9.80 Å². The maximum Gasteiger partial charge on any atom is 0.0774 e. The van der Waals surface area contributed by atoms with Crippen LogP contribution in [0.5, 0.6) is 11.5 Å². The quantitative estimate of drug-likeness (QED) is 0.149. The first-order valence-corrected chi connectivity index (χ1v) is 21.1. The summed E-state index contributed by atoms with van der Waals surface area (Å²) in [6, 6.07) is 60.7. The molecule has 0 amide bonds. The van der Waals surface area contributed by atoms with E-state index in [1.165, 1.54) is 39.1 Å². The van der Waals surface area contributed by atoms with Crippen LogP contribution in [0.4, 0.5) is 22.7 Å². The predicted molar refractivity (Wildman–Crippen MR) is 255 cm³/mol. The summed E-state index contributed by atoms with van der Waals surface area (Å²) in [6.07, 6.45) is 0. The smallest absolute Gasteiger partial charge is 0.0774 e. The molecule has 11 rings (SSSR count). The van der Waals surface area contributed by atoms with Gasteiger partial charge in [-0.1, -0.05) is 113 Å². The van der Waals surface area contributed by atoms with Gasteiger partial charge in [-0.15, -0.1) is 42.6 Å². The molecule has 8 aromatic carbocycles. The number of benzene rings is 8. The second-order valence-corrected chi connectivity index (χ2v) is 16.6. The maximum absolute atomic E-state index is 6.95. The summed E-state index contributed by atoms with van der Waals surface area (Å²) in [6.45, 7) is 15.3. The molecule has 1 aliphatic heterocycles. The fourth-order valence-electron chi connectivity index (χ4n) is 9.81. The molecule has 6 nitrogen and oxygen atoms in total. The van der Waals surface area contributed by atoms with E-state index in [2.05, 4.69) is 213 Å². The van der Waals surface area contributed by atoms with E-state index in [9.17, 15) is 0 Å². The summed E-state index contributed by atoms with van der Waals surface area (Å²) >= 11 is 0. The molecule has 0 spiro atoms. The van der Waals surface area contributed by atoms with Gasteiger partial charge in [-0.25, -0.2) is 0 Å². The number of rotatable bonds is 7. The van der Waals surface area contributed by atoms with Gasteiger partial charge in [0.25, 0.3) is 0 Å². The van der Waals surface area contributed by atoms with Gasteiger partial charge in [-0.2, -0.15) is 0 Å². The number of fused-ring (bicyclic) bond motifs is 5. The van der Waals surface area contributed by atoms with Crippen molar-refractivity contribution in [3.05, 3.63) is 204 Å². The average molecular weight is 998 g/mol. The molecule has 0 bridgehead atoms. The monoisotopic (exact) mass is 997 g/mol. The third-order valence-corrected chi connectivity index (χ3v) is 12.1. The minimum atomic E-state index is 0. The van der Waals surface area contributed by atoms with Crippen LogP contribution in [0.2, 0.25) is 0 Å². The normalized spacial score (nSPS) is 12.3. The molecule has 0 saturated heterocycles. The minimum Gasteiger partial charge on any atom is -0.503 e. The second kappa shape index (κ2) is 15.8. The molecule has 0 fully saturated rings. The van der Waals surface area contributed by atoms with Gasteiger partial charge in [0.05, 0.1) is 16.9 Å². The molecule has 1 aliphatic rings. The zero-order valence-electron chi connectivity index (χ0n) is 36.0. The van der Waals surface area contributed by atoms with Gasteiger partial charge >= 0.3 is 0 Å². The summed E-state index contributed by atoms with van der Waals surface area (Å²) in [4.78, 5) is 9.81. The molecule has 0 aliphatic carbocycles. The summed E-state index contributed by atoms with van der Waals surface area (Å²) < 4.78 is 11.6. The Bertz CT molecular complexity index is 3350. The summed E-state index contributed by atoms with van der Waals surface area (Å²) in [5, 5.41) is 2.21. The summed E-state index contributed by atoms with van der Waals surface area (Å²) in [7, 11) is 0. The molecule has 0 unspecified atom stereocenters. The van der Waals surface area contributed by atoms with Gasteiger partial charge in [0.1, 0.15) is 0 Å². The summed E-state index contributed by atoms with van der Waals surface area (Å²) in [5.41, 5.74) is 18.6. The van der Waals surface area contributed by atoms with Crippen LogP contribution in [0, 0.1) is 60.3 Å². The Balaban J connectivity index is 0.00000471. The van der Waals surface area contributed by atoms with Crippen molar-refractivity contribution >= 4 is 55.6 Å². The van der Waals surface area contributed by atoms with Crippen molar-refractivity contribution in [3.8, 4) is 34.3 Å². The van der Waals surface area contributed by atoms with Crippen LogP contribution in [-0.4, -0.2) is 14.1 Å². The number of nitrogens with zero attached hydrogens (tertiary/aromatic N) is 5. The van der Waals surface area contributed by atoms with Crippen LogP contribution in [-0.2, 0) is 21.1 Å². The van der Waals surface area contributed by atoms with Crippen molar-refractivity contribution in [1.29, 1.82) is 0 Å². The van der Waals surface area contributed by atoms with Crippen LogP contribution in [0.15, 0.2) is 152 Å². The first-order chi connectivity index (χ1) is 30.2. The van der Waals surface area contributed by atoms with Crippen molar-refractivity contribution in [2.24, 2.45) is 0 Å². The number of hydrogen-bond acceptors (Lipinski definition) is 4. The molecule has 0 N–H and O–H groups in total. The SMILES string of the molecule is Cc1cc(C)c(N2[CH-]N(c3[c-]c(Oc4[c-]c(-c5nc6ccccc6n5-c5c(C)cc(C)cc5C)ccc4)cc4c3c3ccccc3n4-c3ccccc3)c3ccccc32)c(C)c1.[Pt]. The molecule has 10 aromatic rings. The molecular formula is C56H44N5OPt-3. The van der Waals surface area contributed by atoms with E-state index in [4.69, 9.17) is 9.72 Å². The first kappa shape index (κ1) is 40.2.